The number of ether oxygens (including phenoxy) is 1. The zero-order valence-electron chi connectivity index (χ0n) is 13.9. The molecule has 5 atom stereocenters. The molecule has 7 heteroatoms. The third-order valence-corrected chi connectivity index (χ3v) is 7.22. The van der Waals surface area contributed by atoms with Crippen LogP contribution in [0.25, 0.3) is 0 Å². The van der Waals surface area contributed by atoms with Crippen LogP contribution in [0.4, 0.5) is 0 Å². The van der Waals surface area contributed by atoms with E-state index in [2.05, 4.69) is 35.0 Å². The third kappa shape index (κ3) is 4.13. The van der Waals surface area contributed by atoms with Gasteiger partial charge >= 0.3 is 0 Å². The second kappa shape index (κ2) is 8.08. The fraction of sp³-hybridized carbons (Fsp3) is 0.444. The zero-order valence-corrected chi connectivity index (χ0v) is 17.1. The number of hydrogen-bond donors (Lipinski definition) is 3. The summed E-state index contributed by atoms with van der Waals surface area (Å²) in [6.07, 6.45) is -1.50. The Kier molecular flexibility index (Phi) is 6.26. The Morgan fingerprint density at radius 2 is 1.92 bits per heavy atom. The lowest BCUT2D eigenvalue weighted by Gasteiger charge is -2.40. The summed E-state index contributed by atoms with van der Waals surface area (Å²) < 4.78 is 6.73. The predicted octanol–water partition coefficient (Wildman–Crippen LogP) is 3.25. The van der Waals surface area contributed by atoms with Crippen molar-refractivity contribution in [3.8, 4) is 0 Å². The van der Waals surface area contributed by atoms with E-state index in [-0.39, 0.29) is 5.25 Å². The topological polar surface area (TPSA) is 69.9 Å². The molecule has 0 saturated carbocycles. The highest BCUT2D eigenvalue weighted by Gasteiger charge is 2.44. The fourth-order valence-corrected chi connectivity index (χ4v) is 5.49. The quantitative estimate of drug-likeness (QED) is 0.674. The van der Waals surface area contributed by atoms with Gasteiger partial charge < -0.3 is 20.1 Å². The molecule has 1 saturated heterocycles. The Hall–Kier alpha value is -0.410. The molecule has 5 unspecified atom stereocenters. The number of thiophene rings is 1. The first-order valence-electron chi connectivity index (χ1n) is 7.97. The SMILES string of the molecule is CSC1C(c2ccc(C)c(Cc3ccc(Br)s3)c2)OC(O)C(O)C1O. The molecule has 0 spiro atoms. The fourth-order valence-electron chi connectivity index (χ4n) is 3.07. The Morgan fingerprint density at radius 3 is 2.56 bits per heavy atom. The number of thioether (sulfide) groups is 1. The number of hydrogen-bond acceptors (Lipinski definition) is 6. The second-order valence-electron chi connectivity index (χ2n) is 6.20. The van der Waals surface area contributed by atoms with E-state index in [4.69, 9.17) is 4.74 Å². The van der Waals surface area contributed by atoms with E-state index in [0.717, 1.165) is 15.8 Å². The molecular formula is C18H21BrO4S2. The highest BCUT2D eigenvalue weighted by molar-refractivity contribution is 9.11. The summed E-state index contributed by atoms with van der Waals surface area (Å²) in [4.78, 5) is 1.26. The molecule has 1 aliphatic heterocycles. The molecule has 0 radical (unpaired) electrons. The number of aliphatic hydroxyl groups excluding tert-OH is 3. The molecule has 2 aromatic rings. The minimum atomic E-state index is -1.39. The van der Waals surface area contributed by atoms with E-state index < -0.39 is 24.6 Å². The van der Waals surface area contributed by atoms with Gasteiger partial charge in [-0.1, -0.05) is 18.2 Å². The maximum atomic E-state index is 10.3. The maximum absolute atomic E-state index is 10.3. The number of benzene rings is 1. The maximum Gasteiger partial charge on any atom is 0.184 e. The van der Waals surface area contributed by atoms with Crippen molar-refractivity contribution in [3.05, 3.63) is 55.7 Å². The van der Waals surface area contributed by atoms with Crippen molar-refractivity contribution < 1.29 is 20.1 Å². The molecule has 136 valence electrons. The number of aliphatic hydroxyl groups is 3. The van der Waals surface area contributed by atoms with Crippen LogP contribution in [-0.2, 0) is 11.2 Å². The largest absolute Gasteiger partial charge is 0.389 e. The van der Waals surface area contributed by atoms with Crippen LogP contribution in [0.15, 0.2) is 34.1 Å². The second-order valence-corrected chi connectivity index (χ2v) is 9.76. The minimum Gasteiger partial charge on any atom is -0.389 e. The van der Waals surface area contributed by atoms with Gasteiger partial charge in [-0.15, -0.1) is 11.3 Å². The van der Waals surface area contributed by atoms with Crippen LogP contribution in [0, 0.1) is 6.92 Å². The van der Waals surface area contributed by atoms with E-state index in [9.17, 15) is 15.3 Å². The highest BCUT2D eigenvalue weighted by atomic mass is 79.9. The highest BCUT2D eigenvalue weighted by Crippen LogP contribution is 2.38. The van der Waals surface area contributed by atoms with Gasteiger partial charge in [0.15, 0.2) is 6.29 Å². The van der Waals surface area contributed by atoms with Crippen molar-refractivity contribution in [2.45, 2.75) is 43.2 Å². The number of aryl methyl sites for hydroxylation is 1. The molecule has 3 N–H and O–H groups in total. The molecule has 2 heterocycles. The zero-order chi connectivity index (χ0) is 18.1. The summed E-state index contributed by atoms with van der Waals surface area (Å²) >= 11 is 6.63. The van der Waals surface area contributed by atoms with Gasteiger partial charge in [-0.3, -0.25) is 0 Å². The Morgan fingerprint density at radius 1 is 1.16 bits per heavy atom. The molecule has 3 rings (SSSR count). The molecule has 1 aromatic carbocycles. The smallest absolute Gasteiger partial charge is 0.184 e. The van der Waals surface area contributed by atoms with Crippen LogP contribution in [-0.4, -0.2) is 45.3 Å². The van der Waals surface area contributed by atoms with E-state index in [1.807, 2.05) is 24.5 Å². The predicted molar refractivity (Wildman–Crippen MR) is 105 cm³/mol. The average Bonchev–Trinajstić information content (AvgIpc) is 2.99. The lowest BCUT2D eigenvalue weighted by molar-refractivity contribution is -0.245. The Balaban J connectivity index is 1.90. The summed E-state index contributed by atoms with van der Waals surface area (Å²) in [7, 11) is 0. The van der Waals surface area contributed by atoms with Crippen LogP contribution in [0.5, 0.6) is 0 Å². The van der Waals surface area contributed by atoms with Crippen molar-refractivity contribution in [3.63, 3.8) is 0 Å². The molecular weight excluding hydrogens is 424 g/mol. The van der Waals surface area contributed by atoms with Crippen LogP contribution in [0.1, 0.15) is 27.7 Å². The standard InChI is InChI=1S/C18H21BrO4S2/c1-9-3-4-10(7-11(9)8-12-5-6-13(19)25-12)16-17(24-2)14(20)15(21)18(22)23-16/h3-7,14-18,20-22H,8H2,1-2H3. The lowest BCUT2D eigenvalue weighted by atomic mass is 9.93. The molecule has 25 heavy (non-hydrogen) atoms. The van der Waals surface area contributed by atoms with Gasteiger partial charge in [-0.25, -0.2) is 0 Å². The van der Waals surface area contributed by atoms with Gasteiger partial charge in [0, 0.05) is 11.3 Å². The van der Waals surface area contributed by atoms with Crippen molar-refractivity contribution in [2.75, 3.05) is 6.26 Å². The Bertz CT molecular complexity index is 736. The van der Waals surface area contributed by atoms with Crippen molar-refractivity contribution in [2.24, 2.45) is 0 Å². The average molecular weight is 445 g/mol. The van der Waals surface area contributed by atoms with Crippen molar-refractivity contribution in [1.82, 2.24) is 0 Å². The first-order valence-corrected chi connectivity index (χ1v) is 10.9. The molecule has 0 amide bonds. The third-order valence-electron chi connectivity index (χ3n) is 4.53. The summed E-state index contributed by atoms with van der Waals surface area (Å²) in [5.41, 5.74) is 3.27. The number of halogens is 1. The van der Waals surface area contributed by atoms with Crippen molar-refractivity contribution >= 4 is 39.0 Å². The summed E-state index contributed by atoms with van der Waals surface area (Å²) in [6, 6.07) is 10.2. The van der Waals surface area contributed by atoms with Gasteiger partial charge in [-0.2, -0.15) is 11.8 Å². The molecule has 4 nitrogen and oxygen atoms in total. The molecule has 1 aliphatic rings. The van der Waals surface area contributed by atoms with Crippen LogP contribution < -0.4 is 0 Å². The Labute approximate surface area is 164 Å². The summed E-state index contributed by atoms with van der Waals surface area (Å²) in [5.74, 6) is 0. The van der Waals surface area contributed by atoms with Crippen LogP contribution >= 0.6 is 39.0 Å². The monoisotopic (exact) mass is 444 g/mol. The van der Waals surface area contributed by atoms with Gasteiger partial charge in [0.2, 0.25) is 0 Å². The first kappa shape index (κ1) is 19.4. The minimum absolute atomic E-state index is 0.343. The molecule has 0 aliphatic carbocycles. The first-order chi connectivity index (χ1) is 11.9. The number of rotatable bonds is 4. The normalized spacial score (nSPS) is 29.8. The van der Waals surface area contributed by atoms with Gasteiger partial charge in [0.25, 0.3) is 0 Å². The van der Waals surface area contributed by atoms with E-state index in [1.54, 1.807) is 11.3 Å². The van der Waals surface area contributed by atoms with E-state index in [1.165, 1.54) is 27.8 Å². The van der Waals surface area contributed by atoms with E-state index in [0.29, 0.717) is 0 Å². The van der Waals surface area contributed by atoms with E-state index >= 15 is 0 Å². The lowest BCUT2D eigenvalue weighted by Crippen LogP contribution is -2.52. The molecule has 0 bridgehead atoms. The van der Waals surface area contributed by atoms with Gasteiger partial charge in [0.1, 0.15) is 12.2 Å². The van der Waals surface area contributed by atoms with Gasteiger partial charge in [-0.05, 0) is 57.9 Å². The van der Waals surface area contributed by atoms with Crippen molar-refractivity contribution in [1.29, 1.82) is 0 Å². The molecule has 1 fully saturated rings. The molecule has 1 aromatic heterocycles. The van der Waals surface area contributed by atoms with Crippen LogP contribution in [0.3, 0.4) is 0 Å². The summed E-state index contributed by atoms with van der Waals surface area (Å²) in [5, 5.41) is 29.7. The summed E-state index contributed by atoms with van der Waals surface area (Å²) in [6.45, 7) is 2.07. The van der Waals surface area contributed by atoms with Gasteiger partial charge in [0.05, 0.1) is 15.1 Å². The van der Waals surface area contributed by atoms with Crippen LogP contribution in [0.2, 0.25) is 0 Å².